The van der Waals surface area contributed by atoms with E-state index in [-0.39, 0.29) is 5.54 Å². The zero-order valence-corrected chi connectivity index (χ0v) is 13.8. The second kappa shape index (κ2) is 7.92. The van der Waals surface area contributed by atoms with Gasteiger partial charge in [-0.1, -0.05) is 24.3 Å². The third-order valence-electron chi connectivity index (χ3n) is 3.87. The van der Waals surface area contributed by atoms with Gasteiger partial charge in [0.15, 0.2) is 0 Å². The van der Waals surface area contributed by atoms with Gasteiger partial charge in [-0.05, 0) is 57.8 Å². The van der Waals surface area contributed by atoms with Crippen LogP contribution in [-0.2, 0) is 17.9 Å². The Labute approximate surface area is 129 Å². The van der Waals surface area contributed by atoms with E-state index in [9.17, 15) is 0 Å². The van der Waals surface area contributed by atoms with Crippen LogP contribution in [0.5, 0.6) is 0 Å². The van der Waals surface area contributed by atoms with Crippen LogP contribution in [0.1, 0.15) is 44.7 Å². The van der Waals surface area contributed by atoms with Crippen LogP contribution in [-0.4, -0.2) is 36.7 Å². The summed E-state index contributed by atoms with van der Waals surface area (Å²) >= 11 is 0. The number of hydrogen-bond acceptors (Lipinski definition) is 3. The van der Waals surface area contributed by atoms with Gasteiger partial charge in [-0.3, -0.25) is 0 Å². The highest BCUT2D eigenvalue weighted by Crippen LogP contribution is 2.09. The summed E-state index contributed by atoms with van der Waals surface area (Å²) in [6, 6.07) is 8.74. The van der Waals surface area contributed by atoms with Crippen molar-refractivity contribution < 1.29 is 4.74 Å². The maximum Gasteiger partial charge on any atom is 0.0717 e. The summed E-state index contributed by atoms with van der Waals surface area (Å²) in [5.74, 6) is 0. The molecule has 0 atom stereocenters. The fraction of sp³-hybridized carbons (Fsp3) is 0.667. The maximum atomic E-state index is 5.78. The Kier molecular flexibility index (Phi) is 6.22. The van der Waals surface area contributed by atoms with Gasteiger partial charge in [0.05, 0.1) is 13.2 Å². The zero-order chi connectivity index (χ0) is 15.1. The summed E-state index contributed by atoms with van der Waals surface area (Å²) in [4.78, 5) is 2.49. The lowest BCUT2D eigenvalue weighted by atomic mass is 10.1. The Bertz CT molecular complexity index is 402. The Hall–Kier alpha value is -0.900. The summed E-state index contributed by atoms with van der Waals surface area (Å²) in [7, 11) is 0. The second-order valence-electron chi connectivity index (χ2n) is 7.02. The fourth-order valence-electron chi connectivity index (χ4n) is 2.51. The molecule has 1 aliphatic heterocycles. The molecule has 118 valence electrons. The lowest BCUT2D eigenvalue weighted by molar-refractivity contribution is 0.0992. The quantitative estimate of drug-likeness (QED) is 0.781. The molecule has 0 unspecified atom stereocenters. The van der Waals surface area contributed by atoms with Crippen molar-refractivity contribution in [3.8, 4) is 0 Å². The Morgan fingerprint density at radius 1 is 1.05 bits per heavy atom. The molecule has 0 amide bonds. The van der Waals surface area contributed by atoms with Crippen molar-refractivity contribution >= 4 is 0 Å². The highest BCUT2D eigenvalue weighted by atomic mass is 16.5. The number of likely N-dealkylation sites (tertiary alicyclic amines) is 1. The van der Waals surface area contributed by atoms with Gasteiger partial charge in [0.2, 0.25) is 0 Å². The van der Waals surface area contributed by atoms with Crippen LogP contribution in [0.25, 0.3) is 0 Å². The first-order valence-corrected chi connectivity index (χ1v) is 8.16. The number of rotatable bonds is 7. The van der Waals surface area contributed by atoms with Crippen molar-refractivity contribution in [3.63, 3.8) is 0 Å². The Morgan fingerprint density at radius 2 is 1.67 bits per heavy atom. The van der Waals surface area contributed by atoms with Crippen molar-refractivity contribution in [2.75, 3.05) is 26.2 Å². The van der Waals surface area contributed by atoms with Gasteiger partial charge in [0, 0.05) is 18.6 Å². The molecule has 0 spiro atoms. The van der Waals surface area contributed by atoms with Gasteiger partial charge in [0.1, 0.15) is 0 Å². The lowest BCUT2D eigenvalue weighted by Gasteiger charge is -2.20. The molecule has 0 saturated carbocycles. The van der Waals surface area contributed by atoms with Crippen LogP contribution in [0.15, 0.2) is 24.3 Å². The predicted molar refractivity (Wildman–Crippen MR) is 88.4 cm³/mol. The van der Waals surface area contributed by atoms with E-state index in [1.54, 1.807) is 0 Å². The SMILES string of the molecule is CC(C)(C)NCc1ccc(COCCN2CCCC2)cc1. The van der Waals surface area contributed by atoms with Gasteiger partial charge < -0.3 is 15.0 Å². The van der Waals surface area contributed by atoms with Crippen LogP contribution in [0.2, 0.25) is 0 Å². The first-order valence-electron chi connectivity index (χ1n) is 8.16. The molecule has 1 heterocycles. The predicted octanol–water partition coefficient (Wildman–Crippen LogP) is 3.19. The molecular weight excluding hydrogens is 260 g/mol. The van der Waals surface area contributed by atoms with Crippen molar-refractivity contribution in [3.05, 3.63) is 35.4 Å². The summed E-state index contributed by atoms with van der Waals surface area (Å²) in [5.41, 5.74) is 2.75. The summed E-state index contributed by atoms with van der Waals surface area (Å²) in [5, 5.41) is 3.50. The van der Waals surface area contributed by atoms with E-state index in [1.165, 1.54) is 37.1 Å². The van der Waals surface area contributed by atoms with Crippen molar-refractivity contribution in [2.24, 2.45) is 0 Å². The van der Waals surface area contributed by atoms with E-state index in [2.05, 4.69) is 55.3 Å². The second-order valence-corrected chi connectivity index (χ2v) is 7.02. The monoisotopic (exact) mass is 290 g/mol. The average Bonchev–Trinajstić information content (AvgIpc) is 2.95. The van der Waals surface area contributed by atoms with Gasteiger partial charge in [0.25, 0.3) is 0 Å². The van der Waals surface area contributed by atoms with Crippen LogP contribution in [0.4, 0.5) is 0 Å². The average molecular weight is 290 g/mol. The molecule has 2 rings (SSSR count). The molecule has 1 N–H and O–H groups in total. The smallest absolute Gasteiger partial charge is 0.0717 e. The van der Waals surface area contributed by atoms with Crippen molar-refractivity contribution in [1.29, 1.82) is 0 Å². The normalized spacial score (nSPS) is 16.5. The van der Waals surface area contributed by atoms with Crippen LogP contribution >= 0.6 is 0 Å². The number of nitrogens with zero attached hydrogens (tertiary/aromatic N) is 1. The first-order chi connectivity index (χ1) is 10.0. The van der Waals surface area contributed by atoms with E-state index in [1.807, 2.05) is 0 Å². The molecule has 1 aliphatic rings. The van der Waals surface area contributed by atoms with Gasteiger partial charge in [-0.25, -0.2) is 0 Å². The summed E-state index contributed by atoms with van der Waals surface area (Å²) in [6.45, 7) is 12.6. The number of benzene rings is 1. The molecule has 1 aromatic carbocycles. The maximum absolute atomic E-state index is 5.78. The van der Waals surface area contributed by atoms with E-state index in [0.717, 1.165) is 26.3 Å². The number of ether oxygens (including phenoxy) is 1. The highest BCUT2D eigenvalue weighted by molar-refractivity contribution is 5.22. The molecule has 3 nitrogen and oxygen atoms in total. The van der Waals surface area contributed by atoms with Crippen LogP contribution in [0, 0.1) is 0 Å². The van der Waals surface area contributed by atoms with Crippen molar-refractivity contribution in [1.82, 2.24) is 10.2 Å². The number of nitrogens with one attached hydrogen (secondary N) is 1. The minimum absolute atomic E-state index is 0.164. The third-order valence-corrected chi connectivity index (χ3v) is 3.87. The van der Waals surface area contributed by atoms with E-state index >= 15 is 0 Å². The van der Waals surface area contributed by atoms with Crippen molar-refractivity contribution in [2.45, 2.75) is 52.3 Å². The highest BCUT2D eigenvalue weighted by Gasteiger charge is 2.10. The molecular formula is C18H30N2O. The molecule has 0 bridgehead atoms. The number of hydrogen-bond donors (Lipinski definition) is 1. The lowest BCUT2D eigenvalue weighted by Crippen LogP contribution is -2.35. The molecule has 0 aliphatic carbocycles. The largest absolute Gasteiger partial charge is 0.375 e. The fourth-order valence-corrected chi connectivity index (χ4v) is 2.51. The zero-order valence-electron chi connectivity index (χ0n) is 13.8. The summed E-state index contributed by atoms with van der Waals surface area (Å²) < 4.78 is 5.78. The molecule has 0 aromatic heterocycles. The topological polar surface area (TPSA) is 24.5 Å². The van der Waals surface area contributed by atoms with Crippen LogP contribution in [0.3, 0.4) is 0 Å². The van der Waals surface area contributed by atoms with E-state index in [4.69, 9.17) is 4.74 Å². The van der Waals surface area contributed by atoms with Crippen LogP contribution < -0.4 is 5.32 Å². The molecule has 1 fully saturated rings. The molecule has 21 heavy (non-hydrogen) atoms. The minimum Gasteiger partial charge on any atom is -0.375 e. The molecule has 1 saturated heterocycles. The van der Waals surface area contributed by atoms with E-state index < -0.39 is 0 Å². The van der Waals surface area contributed by atoms with E-state index in [0.29, 0.717) is 0 Å². The molecule has 3 heteroatoms. The van der Waals surface area contributed by atoms with Gasteiger partial charge >= 0.3 is 0 Å². The first kappa shape index (κ1) is 16.5. The van der Waals surface area contributed by atoms with Gasteiger partial charge in [-0.2, -0.15) is 0 Å². The van der Waals surface area contributed by atoms with Gasteiger partial charge in [-0.15, -0.1) is 0 Å². The summed E-state index contributed by atoms with van der Waals surface area (Å²) in [6.07, 6.45) is 2.70. The minimum atomic E-state index is 0.164. The Morgan fingerprint density at radius 3 is 2.29 bits per heavy atom. The Balaban J connectivity index is 1.64. The standard InChI is InChI=1S/C18H30N2O/c1-18(2,3)19-14-16-6-8-17(9-7-16)15-21-13-12-20-10-4-5-11-20/h6-9,19H,4-5,10-15H2,1-3H3. The molecule has 1 aromatic rings. The third kappa shape index (κ3) is 6.60. The molecule has 0 radical (unpaired) electrons.